The van der Waals surface area contributed by atoms with Crippen molar-refractivity contribution in [3.63, 3.8) is 0 Å². The Morgan fingerprint density at radius 1 is 1.08 bits per heavy atom. The molecule has 0 aliphatic rings. The fourth-order valence-corrected chi connectivity index (χ4v) is 3.02. The molecule has 2 N–H and O–H groups in total. The number of ether oxygens (including phenoxy) is 1. The van der Waals surface area contributed by atoms with Crippen LogP contribution in [0.4, 0.5) is 0 Å². The van der Waals surface area contributed by atoms with Crippen LogP contribution in [0.3, 0.4) is 0 Å². The van der Waals surface area contributed by atoms with Gasteiger partial charge in [-0.25, -0.2) is 0 Å². The second-order valence-electron chi connectivity index (χ2n) is 7.08. The Hall–Kier alpha value is -1.84. The highest BCUT2D eigenvalue weighted by atomic mass is 16.5. The van der Waals surface area contributed by atoms with Crippen LogP contribution >= 0.6 is 0 Å². The maximum Gasteiger partial charge on any atom is 0.123 e. The van der Waals surface area contributed by atoms with Crippen LogP contribution in [0.5, 0.6) is 5.75 Å². The lowest BCUT2D eigenvalue weighted by Crippen LogP contribution is -2.48. The molecule has 0 saturated carbocycles. The molecule has 3 heteroatoms. The molecule has 2 aromatic carbocycles. The highest BCUT2D eigenvalue weighted by molar-refractivity contribution is 5.36. The molecule has 0 amide bonds. The molecule has 0 fully saturated rings. The van der Waals surface area contributed by atoms with Crippen LogP contribution in [0, 0.1) is 6.92 Å². The molecule has 1 atom stereocenters. The van der Waals surface area contributed by atoms with Gasteiger partial charge in [-0.2, -0.15) is 0 Å². The van der Waals surface area contributed by atoms with Crippen LogP contribution in [0.15, 0.2) is 48.5 Å². The molecule has 0 saturated heterocycles. The molecule has 0 heterocycles. The third kappa shape index (κ3) is 5.36. The molecular formula is C21H30N2O. The lowest BCUT2D eigenvalue weighted by molar-refractivity contribution is 0.328. The first-order chi connectivity index (χ1) is 11.4. The van der Waals surface area contributed by atoms with Crippen molar-refractivity contribution in [1.82, 2.24) is 10.6 Å². The fourth-order valence-electron chi connectivity index (χ4n) is 3.02. The summed E-state index contributed by atoms with van der Waals surface area (Å²) in [5.74, 6) is 0.941. The molecule has 0 aromatic heterocycles. The number of hydrogen-bond acceptors (Lipinski definition) is 3. The highest BCUT2D eigenvalue weighted by Crippen LogP contribution is 2.20. The Bertz CT molecular complexity index is 638. The van der Waals surface area contributed by atoms with Crippen LogP contribution < -0.4 is 15.4 Å². The standard InChI is InChI=1S/C21H30N2O/c1-16-11-12-20(24-5)19(13-16)14-22-15-21(3,4)23-17(2)18-9-7-6-8-10-18/h6-13,17,22-23H,14-15H2,1-5H3. The van der Waals surface area contributed by atoms with Gasteiger partial charge >= 0.3 is 0 Å². The number of benzene rings is 2. The average Bonchev–Trinajstić information content (AvgIpc) is 2.55. The van der Waals surface area contributed by atoms with Crippen molar-refractivity contribution < 1.29 is 4.74 Å². The summed E-state index contributed by atoms with van der Waals surface area (Å²) in [5, 5.41) is 7.26. The van der Waals surface area contributed by atoms with E-state index in [9.17, 15) is 0 Å². The summed E-state index contributed by atoms with van der Waals surface area (Å²) in [6.45, 7) is 10.5. The Labute approximate surface area is 146 Å². The van der Waals surface area contributed by atoms with Crippen LogP contribution in [0.25, 0.3) is 0 Å². The van der Waals surface area contributed by atoms with Gasteiger partial charge in [0.05, 0.1) is 7.11 Å². The summed E-state index contributed by atoms with van der Waals surface area (Å²) >= 11 is 0. The molecule has 3 nitrogen and oxygen atoms in total. The van der Waals surface area contributed by atoms with Gasteiger partial charge in [0.25, 0.3) is 0 Å². The summed E-state index contributed by atoms with van der Waals surface area (Å²) in [6, 6.07) is 17.2. The number of aryl methyl sites for hydroxylation is 1. The van der Waals surface area contributed by atoms with E-state index < -0.39 is 0 Å². The zero-order valence-electron chi connectivity index (χ0n) is 15.5. The SMILES string of the molecule is COc1ccc(C)cc1CNCC(C)(C)NC(C)c1ccccc1. The Morgan fingerprint density at radius 2 is 1.79 bits per heavy atom. The minimum atomic E-state index is -0.00762. The molecule has 0 radical (unpaired) electrons. The number of methoxy groups -OCH3 is 1. The second-order valence-corrected chi connectivity index (χ2v) is 7.08. The van der Waals surface area contributed by atoms with Crippen LogP contribution in [-0.2, 0) is 6.54 Å². The fraction of sp³-hybridized carbons (Fsp3) is 0.429. The molecule has 0 bridgehead atoms. The van der Waals surface area contributed by atoms with Crippen LogP contribution in [0.2, 0.25) is 0 Å². The van der Waals surface area contributed by atoms with Gasteiger partial charge in [-0.05, 0) is 39.3 Å². The van der Waals surface area contributed by atoms with Crippen molar-refractivity contribution >= 4 is 0 Å². The maximum absolute atomic E-state index is 5.45. The summed E-state index contributed by atoms with van der Waals surface area (Å²) in [7, 11) is 1.72. The first-order valence-corrected chi connectivity index (χ1v) is 8.58. The molecule has 130 valence electrons. The van der Waals surface area contributed by atoms with Gasteiger partial charge in [0, 0.05) is 30.2 Å². The minimum absolute atomic E-state index is 0.00762. The summed E-state index contributed by atoms with van der Waals surface area (Å²) in [5.41, 5.74) is 3.75. The lowest BCUT2D eigenvalue weighted by Gasteiger charge is -2.31. The van der Waals surface area contributed by atoms with E-state index in [1.54, 1.807) is 7.11 Å². The largest absolute Gasteiger partial charge is 0.496 e. The molecule has 0 aliphatic carbocycles. The van der Waals surface area contributed by atoms with Gasteiger partial charge in [-0.1, -0.05) is 48.0 Å². The van der Waals surface area contributed by atoms with E-state index in [0.717, 1.165) is 18.8 Å². The highest BCUT2D eigenvalue weighted by Gasteiger charge is 2.20. The van der Waals surface area contributed by atoms with Gasteiger partial charge < -0.3 is 15.4 Å². The molecule has 2 aromatic rings. The summed E-state index contributed by atoms with van der Waals surface area (Å²) in [4.78, 5) is 0. The number of rotatable bonds is 8. The van der Waals surface area contributed by atoms with E-state index in [2.05, 4.69) is 80.8 Å². The zero-order valence-corrected chi connectivity index (χ0v) is 15.5. The van der Waals surface area contributed by atoms with Gasteiger partial charge in [-0.15, -0.1) is 0 Å². The van der Waals surface area contributed by atoms with E-state index in [4.69, 9.17) is 4.74 Å². The van der Waals surface area contributed by atoms with Crippen molar-refractivity contribution in [2.75, 3.05) is 13.7 Å². The van der Waals surface area contributed by atoms with Crippen molar-refractivity contribution in [3.8, 4) is 5.75 Å². The molecule has 0 spiro atoms. The molecular weight excluding hydrogens is 296 g/mol. The topological polar surface area (TPSA) is 33.3 Å². The summed E-state index contributed by atoms with van der Waals surface area (Å²) < 4.78 is 5.45. The number of hydrogen-bond donors (Lipinski definition) is 2. The molecule has 24 heavy (non-hydrogen) atoms. The second kappa shape index (κ2) is 8.32. The molecule has 0 aliphatic heterocycles. The Balaban J connectivity index is 1.90. The van der Waals surface area contributed by atoms with E-state index in [-0.39, 0.29) is 5.54 Å². The van der Waals surface area contributed by atoms with E-state index in [1.165, 1.54) is 16.7 Å². The minimum Gasteiger partial charge on any atom is -0.496 e. The average molecular weight is 326 g/mol. The summed E-state index contributed by atoms with van der Waals surface area (Å²) in [6.07, 6.45) is 0. The van der Waals surface area contributed by atoms with Crippen molar-refractivity contribution in [3.05, 3.63) is 65.2 Å². The molecule has 2 rings (SSSR count). The maximum atomic E-state index is 5.45. The predicted molar refractivity (Wildman–Crippen MR) is 102 cm³/mol. The Morgan fingerprint density at radius 3 is 2.46 bits per heavy atom. The zero-order chi connectivity index (χ0) is 17.6. The lowest BCUT2D eigenvalue weighted by atomic mass is 10.0. The quantitative estimate of drug-likeness (QED) is 0.762. The van der Waals surface area contributed by atoms with Crippen LogP contribution in [-0.4, -0.2) is 19.2 Å². The van der Waals surface area contributed by atoms with E-state index >= 15 is 0 Å². The smallest absolute Gasteiger partial charge is 0.123 e. The van der Waals surface area contributed by atoms with Crippen molar-refractivity contribution in [2.24, 2.45) is 0 Å². The van der Waals surface area contributed by atoms with Crippen molar-refractivity contribution in [1.29, 1.82) is 0 Å². The Kier molecular flexibility index (Phi) is 6.41. The van der Waals surface area contributed by atoms with Gasteiger partial charge in [0.15, 0.2) is 0 Å². The van der Waals surface area contributed by atoms with Gasteiger partial charge in [-0.3, -0.25) is 0 Å². The van der Waals surface area contributed by atoms with E-state index in [0.29, 0.717) is 6.04 Å². The third-order valence-electron chi connectivity index (χ3n) is 4.23. The first kappa shape index (κ1) is 18.5. The number of nitrogens with one attached hydrogen (secondary N) is 2. The normalized spacial score (nSPS) is 12.9. The first-order valence-electron chi connectivity index (χ1n) is 8.58. The monoisotopic (exact) mass is 326 g/mol. The predicted octanol–water partition coefficient (Wildman–Crippen LogP) is 4.22. The van der Waals surface area contributed by atoms with Crippen LogP contribution in [0.1, 0.15) is 43.5 Å². The van der Waals surface area contributed by atoms with Gasteiger partial charge in [0.2, 0.25) is 0 Å². The van der Waals surface area contributed by atoms with E-state index in [1.807, 2.05) is 6.07 Å². The van der Waals surface area contributed by atoms with Crippen molar-refractivity contribution in [2.45, 2.75) is 45.8 Å². The third-order valence-corrected chi connectivity index (χ3v) is 4.23. The molecule has 1 unspecified atom stereocenters. The van der Waals surface area contributed by atoms with Gasteiger partial charge in [0.1, 0.15) is 5.75 Å².